The van der Waals surface area contributed by atoms with Crippen molar-refractivity contribution in [3.8, 4) is 0 Å². The summed E-state index contributed by atoms with van der Waals surface area (Å²) in [7, 11) is 0. The number of amides is 1. The molecule has 1 amide bonds. The van der Waals surface area contributed by atoms with Gasteiger partial charge < -0.3 is 10.1 Å². The zero-order valence-corrected chi connectivity index (χ0v) is 14.3. The first kappa shape index (κ1) is 19.8. The summed E-state index contributed by atoms with van der Waals surface area (Å²) in [6, 6.07) is 10.2. The molecule has 1 aromatic heterocycles. The molecule has 26 heavy (non-hydrogen) atoms. The molecular formula is C18H16ClF3N2O2. The number of hydrogen-bond acceptors (Lipinski definition) is 3. The molecule has 1 N–H and O–H groups in total. The average molecular weight is 385 g/mol. The van der Waals surface area contributed by atoms with Crippen LogP contribution in [0.4, 0.5) is 18.0 Å². The summed E-state index contributed by atoms with van der Waals surface area (Å²) >= 11 is 5.46. The van der Waals surface area contributed by atoms with E-state index in [-0.39, 0.29) is 18.7 Å². The van der Waals surface area contributed by atoms with E-state index in [1.807, 2.05) is 30.3 Å². The van der Waals surface area contributed by atoms with Gasteiger partial charge >= 0.3 is 12.3 Å². The number of pyridine rings is 1. The third-order valence-corrected chi connectivity index (χ3v) is 3.57. The van der Waals surface area contributed by atoms with Gasteiger partial charge in [-0.2, -0.15) is 13.2 Å². The van der Waals surface area contributed by atoms with Gasteiger partial charge in [0.05, 0.1) is 5.56 Å². The Bertz CT molecular complexity index is 765. The fraction of sp³-hybridized carbons (Fsp3) is 0.222. The van der Waals surface area contributed by atoms with Crippen molar-refractivity contribution in [1.29, 1.82) is 0 Å². The Morgan fingerprint density at radius 1 is 1.27 bits per heavy atom. The molecule has 0 aliphatic carbocycles. The zero-order valence-electron chi connectivity index (χ0n) is 13.6. The molecule has 0 aliphatic rings. The molecule has 0 spiro atoms. The standard InChI is InChI=1S/C18H16ClF3N2O2/c19-16-15(18(20,21)22)10-14(11-24-16)8-4-5-9-23-17(25)26-12-13-6-2-1-3-7-13/h1-4,6-8,10-11H,5,9,12H2,(H,23,25). The molecule has 138 valence electrons. The van der Waals surface area contributed by atoms with Crippen LogP contribution in [0.1, 0.15) is 23.1 Å². The van der Waals surface area contributed by atoms with Crippen LogP contribution in [-0.2, 0) is 17.5 Å². The molecule has 0 radical (unpaired) electrons. The van der Waals surface area contributed by atoms with Gasteiger partial charge in [0, 0.05) is 12.7 Å². The number of alkyl halides is 3. The predicted octanol–water partition coefficient (Wildman–Crippen LogP) is 5.08. The van der Waals surface area contributed by atoms with Gasteiger partial charge in [-0.05, 0) is 23.6 Å². The first-order chi connectivity index (χ1) is 12.4. The average Bonchev–Trinajstić information content (AvgIpc) is 2.61. The quantitative estimate of drug-likeness (QED) is 0.558. The SMILES string of the molecule is O=C(NCCC=Cc1cnc(Cl)c(C(F)(F)F)c1)OCc1ccccc1. The van der Waals surface area contributed by atoms with E-state index in [4.69, 9.17) is 16.3 Å². The number of aromatic nitrogens is 1. The number of carbonyl (C=O) groups excluding carboxylic acids is 1. The minimum absolute atomic E-state index is 0.166. The second kappa shape index (κ2) is 9.24. The van der Waals surface area contributed by atoms with Crippen molar-refractivity contribution in [2.75, 3.05) is 6.54 Å². The summed E-state index contributed by atoms with van der Waals surface area (Å²) in [5, 5.41) is 1.97. The molecule has 0 unspecified atom stereocenters. The second-order valence-corrected chi connectivity index (χ2v) is 5.64. The number of carbonyl (C=O) groups is 1. The van der Waals surface area contributed by atoms with Crippen LogP contribution >= 0.6 is 11.6 Å². The lowest BCUT2D eigenvalue weighted by Gasteiger charge is -2.08. The third kappa shape index (κ3) is 6.40. The Morgan fingerprint density at radius 2 is 2.00 bits per heavy atom. The molecule has 0 aliphatic heterocycles. The van der Waals surface area contributed by atoms with Gasteiger partial charge in [0.25, 0.3) is 0 Å². The van der Waals surface area contributed by atoms with Crippen molar-refractivity contribution < 1.29 is 22.7 Å². The minimum Gasteiger partial charge on any atom is -0.445 e. The highest BCUT2D eigenvalue weighted by atomic mass is 35.5. The number of ether oxygens (including phenoxy) is 1. The lowest BCUT2D eigenvalue weighted by molar-refractivity contribution is -0.137. The second-order valence-electron chi connectivity index (χ2n) is 5.28. The number of hydrogen-bond donors (Lipinski definition) is 1. The van der Waals surface area contributed by atoms with E-state index < -0.39 is 23.0 Å². The molecule has 0 atom stereocenters. The van der Waals surface area contributed by atoms with Crippen molar-refractivity contribution in [3.05, 3.63) is 70.5 Å². The Labute approximate surface area is 153 Å². The van der Waals surface area contributed by atoms with Crippen molar-refractivity contribution in [3.63, 3.8) is 0 Å². The van der Waals surface area contributed by atoms with Crippen molar-refractivity contribution in [2.24, 2.45) is 0 Å². The smallest absolute Gasteiger partial charge is 0.419 e. The molecule has 0 saturated carbocycles. The van der Waals surface area contributed by atoms with Gasteiger partial charge in [0.15, 0.2) is 0 Å². The topological polar surface area (TPSA) is 51.2 Å². The van der Waals surface area contributed by atoms with Crippen LogP contribution in [0.25, 0.3) is 6.08 Å². The van der Waals surface area contributed by atoms with Crippen LogP contribution in [-0.4, -0.2) is 17.6 Å². The van der Waals surface area contributed by atoms with Crippen LogP contribution in [0.5, 0.6) is 0 Å². The molecule has 4 nitrogen and oxygen atoms in total. The number of rotatable bonds is 6. The molecule has 8 heteroatoms. The summed E-state index contributed by atoms with van der Waals surface area (Å²) in [4.78, 5) is 15.1. The molecule has 0 bridgehead atoms. The van der Waals surface area contributed by atoms with E-state index in [0.29, 0.717) is 6.42 Å². The Kier molecular flexibility index (Phi) is 7.03. The maximum atomic E-state index is 12.7. The highest BCUT2D eigenvalue weighted by Crippen LogP contribution is 2.34. The third-order valence-electron chi connectivity index (χ3n) is 3.27. The fourth-order valence-corrected chi connectivity index (χ4v) is 2.22. The Morgan fingerprint density at radius 3 is 2.69 bits per heavy atom. The van der Waals surface area contributed by atoms with Gasteiger partial charge in [0.1, 0.15) is 11.8 Å². The van der Waals surface area contributed by atoms with Gasteiger partial charge in [-0.3, -0.25) is 0 Å². The monoisotopic (exact) mass is 384 g/mol. The molecule has 0 fully saturated rings. The fourth-order valence-electron chi connectivity index (χ4n) is 2.01. The maximum Gasteiger partial charge on any atom is 0.419 e. The van der Waals surface area contributed by atoms with E-state index in [0.717, 1.165) is 11.6 Å². The van der Waals surface area contributed by atoms with Crippen molar-refractivity contribution in [1.82, 2.24) is 10.3 Å². The van der Waals surface area contributed by atoms with Crippen molar-refractivity contribution in [2.45, 2.75) is 19.2 Å². The highest BCUT2D eigenvalue weighted by Gasteiger charge is 2.34. The normalized spacial score (nSPS) is 11.5. The Balaban J connectivity index is 1.75. The maximum absolute atomic E-state index is 12.7. The van der Waals surface area contributed by atoms with Gasteiger partial charge in [-0.25, -0.2) is 9.78 Å². The van der Waals surface area contributed by atoms with Gasteiger partial charge in [0.2, 0.25) is 0 Å². The molecule has 1 heterocycles. The summed E-state index contributed by atoms with van der Waals surface area (Å²) in [6.07, 6.45) is -0.342. The summed E-state index contributed by atoms with van der Waals surface area (Å²) in [6.45, 7) is 0.455. The summed E-state index contributed by atoms with van der Waals surface area (Å²) in [5.74, 6) is 0. The van der Waals surface area contributed by atoms with E-state index in [1.54, 1.807) is 6.08 Å². The van der Waals surface area contributed by atoms with Crippen LogP contribution < -0.4 is 5.32 Å². The van der Waals surface area contributed by atoms with Crippen molar-refractivity contribution >= 4 is 23.8 Å². The molecule has 1 aromatic carbocycles. The van der Waals surface area contributed by atoms with Crippen LogP contribution in [0.15, 0.2) is 48.7 Å². The van der Waals surface area contributed by atoms with Gasteiger partial charge in [-0.15, -0.1) is 0 Å². The zero-order chi connectivity index (χ0) is 19.0. The predicted molar refractivity (Wildman–Crippen MR) is 92.5 cm³/mol. The summed E-state index contributed by atoms with van der Waals surface area (Å²) < 4.78 is 43.3. The number of nitrogens with zero attached hydrogens (tertiary/aromatic N) is 1. The van der Waals surface area contributed by atoms with E-state index in [9.17, 15) is 18.0 Å². The minimum atomic E-state index is -4.56. The Hall–Kier alpha value is -2.54. The first-order valence-corrected chi connectivity index (χ1v) is 8.08. The lowest BCUT2D eigenvalue weighted by Crippen LogP contribution is -2.24. The largest absolute Gasteiger partial charge is 0.445 e. The van der Waals surface area contributed by atoms with E-state index >= 15 is 0 Å². The van der Waals surface area contributed by atoms with E-state index in [2.05, 4.69) is 10.3 Å². The highest BCUT2D eigenvalue weighted by molar-refractivity contribution is 6.30. The molecule has 2 rings (SSSR count). The first-order valence-electron chi connectivity index (χ1n) is 7.70. The van der Waals surface area contributed by atoms with Crippen LogP contribution in [0, 0.1) is 0 Å². The van der Waals surface area contributed by atoms with Gasteiger partial charge in [-0.1, -0.05) is 54.1 Å². The number of nitrogens with one attached hydrogen (secondary N) is 1. The number of halogens is 4. The molecular weight excluding hydrogens is 369 g/mol. The van der Waals surface area contributed by atoms with Crippen LogP contribution in [0.3, 0.4) is 0 Å². The summed E-state index contributed by atoms with van der Waals surface area (Å²) in [5.41, 5.74) is 0.163. The number of alkyl carbamates (subject to hydrolysis) is 1. The van der Waals surface area contributed by atoms with Crippen LogP contribution in [0.2, 0.25) is 5.15 Å². The molecule has 0 saturated heterocycles. The molecule has 2 aromatic rings. The lowest BCUT2D eigenvalue weighted by atomic mass is 10.2. The van der Waals surface area contributed by atoms with E-state index in [1.165, 1.54) is 12.3 Å². The number of benzene rings is 1.